The third kappa shape index (κ3) is 4.40. The van der Waals surface area contributed by atoms with Crippen molar-refractivity contribution in [2.45, 2.75) is 69.9 Å². The number of aromatic nitrogens is 3. The van der Waals surface area contributed by atoms with E-state index in [1.807, 2.05) is 0 Å². The summed E-state index contributed by atoms with van der Waals surface area (Å²) in [4.78, 5) is 28.5. The van der Waals surface area contributed by atoms with E-state index >= 15 is 0 Å². The van der Waals surface area contributed by atoms with E-state index in [9.17, 15) is 9.59 Å². The van der Waals surface area contributed by atoms with Gasteiger partial charge in [0.15, 0.2) is 0 Å². The van der Waals surface area contributed by atoms with E-state index in [1.165, 1.54) is 24.1 Å². The number of hydrogen-bond acceptors (Lipinski definition) is 4. The van der Waals surface area contributed by atoms with Crippen LogP contribution in [0, 0.1) is 0 Å². The van der Waals surface area contributed by atoms with Crippen molar-refractivity contribution in [1.29, 1.82) is 0 Å². The van der Waals surface area contributed by atoms with Crippen LogP contribution in [0.15, 0.2) is 24.5 Å². The second-order valence-electron chi connectivity index (χ2n) is 7.82. The molecule has 1 fully saturated rings. The van der Waals surface area contributed by atoms with E-state index in [0.717, 1.165) is 37.8 Å². The molecule has 7 nitrogen and oxygen atoms in total. The number of fused-ring (bicyclic) bond motifs is 1. The first kappa shape index (κ1) is 18.7. The van der Waals surface area contributed by atoms with Crippen LogP contribution in [-0.4, -0.2) is 39.1 Å². The predicted octanol–water partition coefficient (Wildman–Crippen LogP) is 2.08. The van der Waals surface area contributed by atoms with E-state index in [0.29, 0.717) is 18.4 Å². The van der Waals surface area contributed by atoms with Gasteiger partial charge in [0.05, 0.1) is 5.69 Å². The number of amides is 2. The van der Waals surface area contributed by atoms with Gasteiger partial charge in [-0.25, -0.2) is 0 Å². The molecule has 2 amide bonds. The second-order valence-corrected chi connectivity index (χ2v) is 7.82. The molecule has 0 saturated heterocycles. The van der Waals surface area contributed by atoms with E-state index in [2.05, 4.69) is 25.8 Å². The zero-order chi connectivity index (χ0) is 19.3. The van der Waals surface area contributed by atoms with Crippen molar-refractivity contribution < 1.29 is 9.59 Å². The van der Waals surface area contributed by atoms with Crippen molar-refractivity contribution >= 4 is 11.8 Å². The Hall–Kier alpha value is -2.70. The summed E-state index contributed by atoms with van der Waals surface area (Å²) in [7, 11) is 0. The Morgan fingerprint density at radius 1 is 1.07 bits per heavy atom. The van der Waals surface area contributed by atoms with Crippen molar-refractivity contribution in [1.82, 2.24) is 25.8 Å². The lowest BCUT2D eigenvalue weighted by atomic mass is 9.94. The van der Waals surface area contributed by atoms with Gasteiger partial charge in [-0.3, -0.25) is 19.7 Å². The molecule has 0 aliphatic heterocycles. The SMILES string of the molecule is O=C(CCc1n[nH]c2c1CCCC2)N[C@H]1CC[C@@H](NC(=O)c2ccncc2)C1. The number of pyridine rings is 1. The minimum absolute atomic E-state index is 0.0682. The summed E-state index contributed by atoms with van der Waals surface area (Å²) < 4.78 is 0. The van der Waals surface area contributed by atoms with Gasteiger partial charge in [-0.05, 0) is 62.6 Å². The number of carbonyl (C=O) groups excluding carboxylic acids is 2. The van der Waals surface area contributed by atoms with Crippen LogP contribution in [-0.2, 0) is 24.1 Å². The molecular formula is C21H27N5O2. The minimum atomic E-state index is -0.0808. The van der Waals surface area contributed by atoms with Gasteiger partial charge in [0.25, 0.3) is 5.91 Å². The molecule has 2 aromatic heterocycles. The highest BCUT2D eigenvalue weighted by atomic mass is 16.2. The maximum absolute atomic E-state index is 12.4. The van der Waals surface area contributed by atoms with Gasteiger partial charge in [0.2, 0.25) is 5.91 Å². The average molecular weight is 381 g/mol. The summed E-state index contributed by atoms with van der Waals surface area (Å²) >= 11 is 0. The van der Waals surface area contributed by atoms with Gasteiger partial charge < -0.3 is 10.6 Å². The third-order valence-corrected chi connectivity index (χ3v) is 5.81. The molecule has 28 heavy (non-hydrogen) atoms. The molecule has 7 heteroatoms. The molecule has 2 heterocycles. The normalized spacial score (nSPS) is 21.1. The van der Waals surface area contributed by atoms with Gasteiger partial charge in [-0.15, -0.1) is 0 Å². The van der Waals surface area contributed by atoms with Crippen LogP contribution in [0.5, 0.6) is 0 Å². The lowest BCUT2D eigenvalue weighted by Crippen LogP contribution is -2.37. The van der Waals surface area contributed by atoms with Gasteiger partial charge in [-0.1, -0.05) is 0 Å². The Labute approximate surface area is 164 Å². The van der Waals surface area contributed by atoms with E-state index in [4.69, 9.17) is 0 Å². The highest BCUT2D eigenvalue weighted by molar-refractivity contribution is 5.94. The highest BCUT2D eigenvalue weighted by Crippen LogP contribution is 2.23. The zero-order valence-corrected chi connectivity index (χ0v) is 16.0. The number of aryl methyl sites for hydroxylation is 2. The van der Waals surface area contributed by atoms with Gasteiger partial charge in [0.1, 0.15) is 0 Å². The molecule has 0 unspecified atom stereocenters. The maximum atomic E-state index is 12.4. The molecule has 2 aliphatic rings. The van der Waals surface area contributed by atoms with Crippen molar-refractivity contribution in [2.75, 3.05) is 0 Å². The molecule has 1 saturated carbocycles. The molecule has 148 valence electrons. The third-order valence-electron chi connectivity index (χ3n) is 5.81. The predicted molar refractivity (Wildman–Crippen MR) is 105 cm³/mol. The number of rotatable bonds is 6. The first-order valence-corrected chi connectivity index (χ1v) is 10.2. The monoisotopic (exact) mass is 381 g/mol. The van der Waals surface area contributed by atoms with Crippen molar-refractivity contribution in [3.05, 3.63) is 47.0 Å². The van der Waals surface area contributed by atoms with Crippen LogP contribution in [0.25, 0.3) is 0 Å². The molecule has 2 aromatic rings. The lowest BCUT2D eigenvalue weighted by Gasteiger charge is -2.15. The fourth-order valence-corrected chi connectivity index (χ4v) is 4.30. The average Bonchev–Trinajstić information content (AvgIpc) is 3.34. The molecule has 0 aromatic carbocycles. The Morgan fingerprint density at radius 2 is 1.82 bits per heavy atom. The highest BCUT2D eigenvalue weighted by Gasteiger charge is 2.27. The van der Waals surface area contributed by atoms with Crippen LogP contribution < -0.4 is 10.6 Å². The summed E-state index contributed by atoms with van der Waals surface area (Å²) in [6.07, 6.45) is 11.5. The van der Waals surface area contributed by atoms with E-state index < -0.39 is 0 Å². The van der Waals surface area contributed by atoms with Crippen molar-refractivity contribution in [2.24, 2.45) is 0 Å². The van der Waals surface area contributed by atoms with Crippen molar-refractivity contribution in [3.63, 3.8) is 0 Å². The molecule has 4 rings (SSSR count). The van der Waals surface area contributed by atoms with Gasteiger partial charge in [0, 0.05) is 48.6 Å². The number of nitrogens with zero attached hydrogens (tertiary/aromatic N) is 2. The van der Waals surface area contributed by atoms with Crippen LogP contribution >= 0.6 is 0 Å². The van der Waals surface area contributed by atoms with Crippen LogP contribution in [0.4, 0.5) is 0 Å². The zero-order valence-electron chi connectivity index (χ0n) is 16.0. The van der Waals surface area contributed by atoms with E-state index in [1.54, 1.807) is 24.5 Å². The van der Waals surface area contributed by atoms with Crippen molar-refractivity contribution in [3.8, 4) is 0 Å². The molecular weight excluding hydrogens is 354 g/mol. The van der Waals surface area contributed by atoms with Crippen LogP contribution in [0.3, 0.4) is 0 Å². The van der Waals surface area contributed by atoms with Crippen LogP contribution in [0.1, 0.15) is 65.8 Å². The second kappa shape index (κ2) is 8.54. The topological polar surface area (TPSA) is 99.8 Å². The van der Waals surface area contributed by atoms with Crippen LogP contribution in [0.2, 0.25) is 0 Å². The summed E-state index contributed by atoms with van der Waals surface area (Å²) in [5.41, 5.74) is 4.26. The molecule has 0 radical (unpaired) electrons. The lowest BCUT2D eigenvalue weighted by molar-refractivity contribution is -0.121. The molecule has 0 bridgehead atoms. The molecule has 0 spiro atoms. The number of carbonyl (C=O) groups is 2. The number of aromatic amines is 1. The van der Waals surface area contributed by atoms with Gasteiger partial charge >= 0.3 is 0 Å². The summed E-state index contributed by atoms with van der Waals surface area (Å²) in [6.45, 7) is 0. The summed E-state index contributed by atoms with van der Waals surface area (Å²) in [5, 5.41) is 13.7. The number of hydrogen-bond donors (Lipinski definition) is 3. The summed E-state index contributed by atoms with van der Waals surface area (Å²) in [6, 6.07) is 3.64. The Balaban J connectivity index is 1.21. The minimum Gasteiger partial charge on any atom is -0.353 e. The molecule has 3 N–H and O–H groups in total. The molecule has 2 aliphatic carbocycles. The maximum Gasteiger partial charge on any atom is 0.251 e. The molecule has 2 atom stereocenters. The summed E-state index contributed by atoms with van der Waals surface area (Å²) in [5.74, 6) is -0.0126. The fourth-order valence-electron chi connectivity index (χ4n) is 4.30. The number of nitrogens with one attached hydrogen (secondary N) is 3. The Morgan fingerprint density at radius 3 is 2.64 bits per heavy atom. The fraction of sp³-hybridized carbons (Fsp3) is 0.524. The van der Waals surface area contributed by atoms with Gasteiger partial charge in [-0.2, -0.15) is 5.10 Å². The Kier molecular flexibility index (Phi) is 5.69. The standard InChI is InChI=1S/C21H27N5O2/c27-20(8-7-19-17-3-1-2-4-18(17)25-26-19)23-15-5-6-16(13-15)24-21(28)14-9-11-22-12-10-14/h9-12,15-16H,1-8,13H2,(H,23,27)(H,24,28)(H,25,26)/t15-,16+/m0/s1. The smallest absolute Gasteiger partial charge is 0.251 e. The quantitative estimate of drug-likeness (QED) is 0.713. The number of H-pyrrole nitrogens is 1. The first-order chi connectivity index (χ1) is 13.7. The largest absolute Gasteiger partial charge is 0.353 e. The Bertz CT molecular complexity index is 833. The van der Waals surface area contributed by atoms with E-state index in [-0.39, 0.29) is 23.9 Å². The first-order valence-electron chi connectivity index (χ1n) is 10.2.